The molecular formula is C14H20N2O2. The Morgan fingerprint density at radius 2 is 2.39 bits per heavy atom. The number of likely N-dealkylation sites (N-methyl/N-ethyl adjacent to an activating group) is 1. The van der Waals surface area contributed by atoms with Crippen LogP contribution in [0.25, 0.3) is 0 Å². The van der Waals surface area contributed by atoms with Crippen molar-refractivity contribution in [1.29, 1.82) is 0 Å². The average Bonchev–Trinajstić information content (AvgIpc) is 2.92. The smallest absolute Gasteiger partial charge is 0.239 e. The number of hydrogen-bond donors (Lipinski definition) is 1. The van der Waals surface area contributed by atoms with Crippen LogP contribution in [0.1, 0.15) is 18.4 Å². The van der Waals surface area contributed by atoms with Crippen LogP contribution in [0.15, 0.2) is 24.3 Å². The number of nitrogens with zero attached hydrogens (tertiary/aromatic N) is 1. The normalized spacial score (nSPS) is 18.7. The van der Waals surface area contributed by atoms with E-state index >= 15 is 0 Å². The Hall–Kier alpha value is -1.55. The van der Waals surface area contributed by atoms with Crippen LogP contribution < -0.4 is 10.1 Å². The van der Waals surface area contributed by atoms with E-state index in [0.29, 0.717) is 6.54 Å². The molecule has 1 atom stereocenters. The standard InChI is InChI=1S/C14H20N2O2/c1-16(14(17)13-7-4-8-15-13)10-11-5-3-6-12(9-11)18-2/h3,5-6,9,13,15H,4,7-8,10H2,1-2H3/t13-/m1/s1. The van der Waals surface area contributed by atoms with Gasteiger partial charge in [-0.25, -0.2) is 0 Å². The Bertz CT molecular complexity index is 414. The summed E-state index contributed by atoms with van der Waals surface area (Å²) >= 11 is 0. The van der Waals surface area contributed by atoms with Crippen LogP contribution in [0.2, 0.25) is 0 Å². The molecule has 1 heterocycles. The van der Waals surface area contributed by atoms with Crippen molar-refractivity contribution in [3.05, 3.63) is 29.8 Å². The summed E-state index contributed by atoms with van der Waals surface area (Å²) in [7, 11) is 3.50. The number of benzene rings is 1. The summed E-state index contributed by atoms with van der Waals surface area (Å²) in [4.78, 5) is 13.9. The van der Waals surface area contributed by atoms with E-state index in [1.807, 2.05) is 31.3 Å². The highest BCUT2D eigenvalue weighted by atomic mass is 16.5. The van der Waals surface area contributed by atoms with Gasteiger partial charge in [0, 0.05) is 13.6 Å². The minimum absolute atomic E-state index is 0.000563. The molecule has 1 fully saturated rings. The zero-order chi connectivity index (χ0) is 13.0. The molecule has 2 rings (SSSR count). The Balaban J connectivity index is 1.97. The highest BCUT2D eigenvalue weighted by molar-refractivity contribution is 5.81. The van der Waals surface area contributed by atoms with Crippen LogP contribution in [-0.4, -0.2) is 37.6 Å². The SMILES string of the molecule is COc1cccc(CN(C)C(=O)[C@H]2CCCN2)c1. The summed E-state index contributed by atoms with van der Waals surface area (Å²) in [6.07, 6.45) is 2.03. The summed E-state index contributed by atoms with van der Waals surface area (Å²) in [6.45, 7) is 1.57. The van der Waals surface area contributed by atoms with Crippen molar-refractivity contribution in [1.82, 2.24) is 10.2 Å². The van der Waals surface area contributed by atoms with E-state index in [1.54, 1.807) is 12.0 Å². The fourth-order valence-corrected chi connectivity index (χ4v) is 2.28. The van der Waals surface area contributed by atoms with E-state index in [9.17, 15) is 4.79 Å². The van der Waals surface area contributed by atoms with Crippen molar-refractivity contribution in [2.45, 2.75) is 25.4 Å². The largest absolute Gasteiger partial charge is 0.497 e. The van der Waals surface area contributed by atoms with Crippen LogP contribution in [0, 0.1) is 0 Å². The van der Waals surface area contributed by atoms with Gasteiger partial charge in [-0.1, -0.05) is 12.1 Å². The van der Waals surface area contributed by atoms with Gasteiger partial charge in [-0.15, -0.1) is 0 Å². The number of amides is 1. The number of rotatable bonds is 4. The molecule has 0 radical (unpaired) electrons. The van der Waals surface area contributed by atoms with Crippen LogP contribution in [-0.2, 0) is 11.3 Å². The minimum atomic E-state index is 0.000563. The van der Waals surface area contributed by atoms with Gasteiger partial charge in [0.2, 0.25) is 5.91 Å². The first-order valence-electron chi connectivity index (χ1n) is 6.32. The first-order valence-corrected chi connectivity index (χ1v) is 6.32. The molecule has 18 heavy (non-hydrogen) atoms. The van der Waals surface area contributed by atoms with Crippen LogP contribution in [0.5, 0.6) is 5.75 Å². The maximum Gasteiger partial charge on any atom is 0.239 e. The third kappa shape index (κ3) is 3.01. The molecule has 1 N–H and O–H groups in total. The molecule has 1 aromatic carbocycles. The molecule has 1 aromatic rings. The summed E-state index contributed by atoms with van der Waals surface area (Å²) in [6, 6.07) is 7.82. The maximum absolute atomic E-state index is 12.1. The molecule has 4 heteroatoms. The monoisotopic (exact) mass is 248 g/mol. The van der Waals surface area contributed by atoms with Gasteiger partial charge < -0.3 is 15.0 Å². The molecule has 1 saturated heterocycles. The topological polar surface area (TPSA) is 41.6 Å². The number of ether oxygens (including phenoxy) is 1. The Labute approximate surface area is 108 Å². The van der Waals surface area contributed by atoms with E-state index < -0.39 is 0 Å². The van der Waals surface area contributed by atoms with Crippen molar-refractivity contribution in [3.8, 4) is 5.75 Å². The second-order valence-electron chi connectivity index (χ2n) is 4.69. The second kappa shape index (κ2) is 5.87. The van der Waals surface area contributed by atoms with E-state index in [4.69, 9.17) is 4.74 Å². The predicted octanol–water partition coefficient (Wildman–Crippen LogP) is 1.41. The van der Waals surface area contributed by atoms with Gasteiger partial charge in [-0.2, -0.15) is 0 Å². The van der Waals surface area contributed by atoms with E-state index in [0.717, 1.165) is 30.7 Å². The molecule has 1 aliphatic rings. The lowest BCUT2D eigenvalue weighted by Gasteiger charge is -2.21. The van der Waals surface area contributed by atoms with Gasteiger partial charge in [0.1, 0.15) is 5.75 Å². The highest BCUT2D eigenvalue weighted by Crippen LogP contribution is 2.15. The van der Waals surface area contributed by atoms with Gasteiger partial charge >= 0.3 is 0 Å². The molecule has 1 aliphatic heterocycles. The second-order valence-corrected chi connectivity index (χ2v) is 4.69. The van der Waals surface area contributed by atoms with Gasteiger partial charge in [-0.05, 0) is 37.1 Å². The van der Waals surface area contributed by atoms with Gasteiger partial charge in [0.15, 0.2) is 0 Å². The quantitative estimate of drug-likeness (QED) is 0.876. The van der Waals surface area contributed by atoms with Gasteiger partial charge in [0.05, 0.1) is 13.2 Å². The Morgan fingerprint density at radius 1 is 1.56 bits per heavy atom. The number of carbonyl (C=O) groups is 1. The maximum atomic E-state index is 12.1. The minimum Gasteiger partial charge on any atom is -0.497 e. The molecule has 0 unspecified atom stereocenters. The number of methoxy groups -OCH3 is 1. The zero-order valence-electron chi connectivity index (χ0n) is 11.0. The number of hydrogen-bond acceptors (Lipinski definition) is 3. The summed E-state index contributed by atoms with van der Waals surface area (Å²) in [5, 5.41) is 3.23. The van der Waals surface area contributed by atoms with Crippen LogP contribution in [0.3, 0.4) is 0 Å². The van der Waals surface area contributed by atoms with Crippen molar-refractivity contribution in [2.24, 2.45) is 0 Å². The molecule has 0 bridgehead atoms. The molecule has 4 nitrogen and oxygen atoms in total. The van der Waals surface area contributed by atoms with Crippen LogP contribution >= 0.6 is 0 Å². The first-order chi connectivity index (χ1) is 8.70. The third-order valence-corrected chi connectivity index (χ3v) is 3.29. The van der Waals surface area contributed by atoms with Gasteiger partial charge in [0.25, 0.3) is 0 Å². The third-order valence-electron chi connectivity index (χ3n) is 3.29. The fourth-order valence-electron chi connectivity index (χ4n) is 2.28. The number of nitrogens with one attached hydrogen (secondary N) is 1. The first kappa shape index (κ1) is 12.9. The lowest BCUT2D eigenvalue weighted by atomic mass is 10.1. The van der Waals surface area contributed by atoms with Crippen molar-refractivity contribution in [2.75, 3.05) is 20.7 Å². The molecule has 0 aliphatic carbocycles. The fraction of sp³-hybridized carbons (Fsp3) is 0.500. The predicted molar refractivity (Wildman–Crippen MR) is 70.5 cm³/mol. The van der Waals surface area contributed by atoms with E-state index in [1.165, 1.54) is 0 Å². The summed E-state index contributed by atoms with van der Waals surface area (Å²) in [5.41, 5.74) is 1.09. The molecular weight excluding hydrogens is 228 g/mol. The molecule has 98 valence electrons. The van der Waals surface area contributed by atoms with Crippen molar-refractivity contribution < 1.29 is 9.53 Å². The van der Waals surface area contributed by atoms with Crippen molar-refractivity contribution >= 4 is 5.91 Å². The summed E-state index contributed by atoms with van der Waals surface area (Å²) in [5.74, 6) is 1.00. The van der Waals surface area contributed by atoms with E-state index in [-0.39, 0.29) is 11.9 Å². The van der Waals surface area contributed by atoms with Gasteiger partial charge in [-0.3, -0.25) is 4.79 Å². The number of carbonyl (C=O) groups excluding carboxylic acids is 1. The Morgan fingerprint density at radius 3 is 3.06 bits per heavy atom. The molecule has 0 aromatic heterocycles. The molecule has 0 saturated carbocycles. The molecule has 1 amide bonds. The zero-order valence-corrected chi connectivity index (χ0v) is 11.0. The van der Waals surface area contributed by atoms with Crippen molar-refractivity contribution in [3.63, 3.8) is 0 Å². The summed E-state index contributed by atoms with van der Waals surface area (Å²) < 4.78 is 5.18. The highest BCUT2D eigenvalue weighted by Gasteiger charge is 2.24. The average molecular weight is 248 g/mol. The Kier molecular flexibility index (Phi) is 4.20. The molecule has 0 spiro atoms. The lowest BCUT2D eigenvalue weighted by Crippen LogP contribution is -2.41. The lowest BCUT2D eigenvalue weighted by molar-refractivity contribution is -0.132. The van der Waals surface area contributed by atoms with E-state index in [2.05, 4.69) is 5.32 Å². The van der Waals surface area contributed by atoms with Crippen LogP contribution in [0.4, 0.5) is 0 Å².